The Bertz CT molecular complexity index is 4620. The molecule has 0 aliphatic carbocycles. The van der Waals surface area contributed by atoms with Gasteiger partial charge in [0.25, 0.3) is 0 Å². The molecular formula is C95H117F. The largest absolute Gasteiger partial charge is 0.206 e. The van der Waals surface area contributed by atoms with Crippen molar-refractivity contribution in [3.8, 4) is 0 Å². The Kier molecular flexibility index (Phi) is 23.5. The van der Waals surface area contributed by atoms with E-state index in [2.05, 4.69) is 352 Å². The molecule has 0 saturated heterocycles. The van der Waals surface area contributed by atoms with E-state index in [1.807, 2.05) is 12.1 Å². The standard InChI is InChI=1S/C17H22.3C16H20.C15H17F.C15H18/c1-11-7-14-9-12(2)13(3)10-15(14)16(8-11)17(4,5)6;1-11-6-7-13-8-12(2)10-15(14(13)9-11)16(3,4)5;1-11-6-7-14-13(8-11)9-12(2)10-15(14)16(3,4)5;1-11-9-13-8-6-7-12(2)15(13)14(10-11)16(3,4)5;1-10-8-11-6-5-7-13(16)14(11)12(9-10)15(2,3)4;1-10(2)15-9-12(4)8-13-7-11(3)5-6-14(13)15/h7-10H,1-6H3;3*6-10H,1-5H3;5-9H,1-4H3;5-10H,1-4H3. The fourth-order valence-electron chi connectivity index (χ4n) is 13.5. The maximum absolute atomic E-state index is 13.9. The normalized spacial score (nSPS) is 11.9. The summed E-state index contributed by atoms with van der Waals surface area (Å²) in [6.07, 6.45) is 0. The minimum Gasteiger partial charge on any atom is -0.206 e. The first-order chi connectivity index (χ1) is 44.4. The van der Waals surface area contributed by atoms with E-state index in [1.54, 1.807) is 6.07 Å². The SMILES string of the molecule is Cc1cc(C(C)(C)C)c2c(C)cccc2c1.Cc1cc(C(C)(C)C)c2c(F)cccc2c1.Cc1cc(C(C)(C)C)c2cc(C)c(C)cc2c1.Cc1cc(C(C)(C)C)c2cc(C)ccc2c1.Cc1ccc2c(C(C)(C)C)cc(C)cc2c1.Cc1ccc2c(C(C)C)cc(C)cc2c1. The average Bonchev–Trinajstić information content (AvgIpc) is 0.652. The molecule has 0 fully saturated rings. The first-order valence-electron chi connectivity index (χ1n) is 35.2. The molecule has 0 amide bonds. The number of halogens is 1. The van der Waals surface area contributed by atoms with Gasteiger partial charge in [-0.3, -0.25) is 0 Å². The van der Waals surface area contributed by atoms with Crippen LogP contribution < -0.4 is 0 Å². The van der Waals surface area contributed by atoms with Gasteiger partial charge in [0.15, 0.2) is 0 Å². The molecule has 0 bridgehead atoms. The van der Waals surface area contributed by atoms with Crippen molar-refractivity contribution in [2.24, 2.45) is 0 Å². The van der Waals surface area contributed by atoms with E-state index in [0.717, 1.165) is 16.3 Å². The van der Waals surface area contributed by atoms with E-state index in [1.165, 1.54) is 155 Å². The molecule has 12 aromatic carbocycles. The second-order valence-corrected chi connectivity index (χ2v) is 33.7. The van der Waals surface area contributed by atoms with Crippen LogP contribution in [0.2, 0.25) is 0 Å². The molecular weight excluding hydrogens is 1160 g/mol. The molecule has 0 aliphatic heterocycles. The molecule has 12 aromatic rings. The molecule has 0 radical (unpaired) electrons. The Hall–Kier alpha value is -7.87. The highest BCUT2D eigenvalue weighted by atomic mass is 19.1. The van der Waals surface area contributed by atoms with Gasteiger partial charge in [0.2, 0.25) is 0 Å². The molecule has 12 rings (SSSR count). The Balaban J connectivity index is 0.000000163. The summed E-state index contributed by atoms with van der Waals surface area (Å²) in [5, 5.41) is 15.6. The van der Waals surface area contributed by atoms with Crippen molar-refractivity contribution in [1.29, 1.82) is 0 Å². The maximum atomic E-state index is 13.9. The van der Waals surface area contributed by atoms with Crippen LogP contribution in [0.3, 0.4) is 0 Å². The van der Waals surface area contributed by atoms with Crippen LogP contribution in [0.25, 0.3) is 64.6 Å². The van der Waals surface area contributed by atoms with Crippen molar-refractivity contribution in [3.63, 3.8) is 0 Å². The lowest BCUT2D eigenvalue weighted by Crippen LogP contribution is -2.12. The lowest BCUT2D eigenvalue weighted by molar-refractivity contribution is 0.586. The summed E-state index contributed by atoms with van der Waals surface area (Å²) in [7, 11) is 0. The lowest BCUT2D eigenvalue weighted by Gasteiger charge is -2.23. The number of rotatable bonds is 1. The van der Waals surface area contributed by atoms with Crippen LogP contribution in [-0.4, -0.2) is 0 Å². The maximum Gasteiger partial charge on any atom is 0.131 e. The summed E-state index contributed by atoms with van der Waals surface area (Å²) in [6, 6.07) is 63.8. The second-order valence-electron chi connectivity index (χ2n) is 33.7. The zero-order valence-corrected chi connectivity index (χ0v) is 64.7. The molecule has 96 heavy (non-hydrogen) atoms. The highest BCUT2D eigenvalue weighted by Gasteiger charge is 2.23. The lowest BCUT2D eigenvalue weighted by atomic mass is 9.81. The van der Waals surface area contributed by atoms with Crippen molar-refractivity contribution in [2.75, 3.05) is 0 Å². The third-order valence-electron chi connectivity index (χ3n) is 18.6. The van der Waals surface area contributed by atoms with Crippen LogP contribution in [0.15, 0.2) is 176 Å². The summed E-state index contributed by atoms with van der Waals surface area (Å²) in [4.78, 5) is 0. The van der Waals surface area contributed by atoms with Crippen LogP contribution in [0.1, 0.15) is 224 Å². The molecule has 0 N–H and O–H groups in total. The molecule has 0 spiro atoms. The number of aryl methyl sites for hydroxylation is 12. The van der Waals surface area contributed by atoms with E-state index >= 15 is 0 Å². The summed E-state index contributed by atoms with van der Waals surface area (Å²) in [5.41, 5.74) is 25.2. The predicted octanol–water partition coefficient (Wildman–Crippen LogP) is 28.5. The van der Waals surface area contributed by atoms with Crippen LogP contribution in [0.5, 0.6) is 0 Å². The average molecular weight is 1280 g/mol. The van der Waals surface area contributed by atoms with Gasteiger partial charge in [-0.25, -0.2) is 4.39 Å². The van der Waals surface area contributed by atoms with Crippen molar-refractivity contribution in [2.45, 2.75) is 234 Å². The van der Waals surface area contributed by atoms with Crippen molar-refractivity contribution in [1.82, 2.24) is 0 Å². The third-order valence-corrected chi connectivity index (χ3v) is 18.6. The first-order valence-corrected chi connectivity index (χ1v) is 35.2. The fourth-order valence-corrected chi connectivity index (χ4v) is 13.5. The van der Waals surface area contributed by atoms with Gasteiger partial charge in [-0.1, -0.05) is 338 Å². The van der Waals surface area contributed by atoms with E-state index in [0.29, 0.717) is 5.92 Å². The first kappa shape index (κ1) is 75.5. The molecule has 0 saturated carbocycles. The van der Waals surface area contributed by atoms with Gasteiger partial charge in [0.05, 0.1) is 0 Å². The fraction of sp³-hybridized carbons (Fsp3) is 0.368. The van der Waals surface area contributed by atoms with E-state index in [-0.39, 0.29) is 32.9 Å². The van der Waals surface area contributed by atoms with Gasteiger partial charge in [-0.2, -0.15) is 0 Å². The smallest absolute Gasteiger partial charge is 0.131 e. The van der Waals surface area contributed by atoms with Crippen LogP contribution in [0, 0.1) is 88.9 Å². The number of benzene rings is 12. The molecule has 0 atom stereocenters. The Morgan fingerprint density at radius 2 is 0.562 bits per heavy atom. The second kappa shape index (κ2) is 29.9. The van der Waals surface area contributed by atoms with Crippen LogP contribution in [0.4, 0.5) is 4.39 Å². The molecule has 0 unspecified atom stereocenters. The zero-order chi connectivity index (χ0) is 71.5. The van der Waals surface area contributed by atoms with Crippen LogP contribution in [-0.2, 0) is 27.1 Å². The zero-order valence-electron chi connectivity index (χ0n) is 64.7. The number of fused-ring (bicyclic) bond motifs is 6. The Morgan fingerprint density at radius 1 is 0.240 bits per heavy atom. The van der Waals surface area contributed by atoms with Crippen molar-refractivity contribution < 1.29 is 4.39 Å². The Labute approximate surface area is 581 Å². The summed E-state index contributed by atoms with van der Waals surface area (Å²) < 4.78 is 13.9. The topological polar surface area (TPSA) is 0 Å². The summed E-state index contributed by atoms with van der Waals surface area (Å²) >= 11 is 0. The Morgan fingerprint density at radius 3 is 1.03 bits per heavy atom. The minimum atomic E-state index is -0.123. The number of hydrogen-bond donors (Lipinski definition) is 0. The van der Waals surface area contributed by atoms with Crippen LogP contribution >= 0.6 is 0 Å². The molecule has 504 valence electrons. The van der Waals surface area contributed by atoms with Crippen molar-refractivity contribution >= 4 is 64.6 Å². The van der Waals surface area contributed by atoms with Gasteiger partial charge in [-0.15, -0.1) is 0 Å². The van der Waals surface area contributed by atoms with Gasteiger partial charge < -0.3 is 0 Å². The van der Waals surface area contributed by atoms with E-state index < -0.39 is 0 Å². The number of hydrogen-bond acceptors (Lipinski definition) is 0. The monoisotopic (exact) mass is 1280 g/mol. The van der Waals surface area contributed by atoms with E-state index in [4.69, 9.17) is 0 Å². The molecule has 0 aromatic heterocycles. The third kappa shape index (κ3) is 19.0. The molecule has 0 heterocycles. The van der Waals surface area contributed by atoms with Gasteiger partial charge in [0, 0.05) is 5.39 Å². The summed E-state index contributed by atoms with van der Waals surface area (Å²) in [6.45, 7) is 64.3. The van der Waals surface area contributed by atoms with Crippen molar-refractivity contribution in [3.05, 3.63) is 282 Å². The predicted molar refractivity (Wildman–Crippen MR) is 428 cm³/mol. The quantitative estimate of drug-likeness (QED) is 0.154. The van der Waals surface area contributed by atoms with E-state index in [9.17, 15) is 4.39 Å². The molecule has 1 heteroatoms. The van der Waals surface area contributed by atoms with Gasteiger partial charge in [-0.05, 0) is 231 Å². The highest BCUT2D eigenvalue weighted by molar-refractivity contribution is 5.93. The van der Waals surface area contributed by atoms with Gasteiger partial charge in [0.1, 0.15) is 5.82 Å². The summed E-state index contributed by atoms with van der Waals surface area (Å²) in [5.74, 6) is 0.470. The molecule has 0 nitrogen and oxygen atoms in total. The van der Waals surface area contributed by atoms with Gasteiger partial charge >= 0.3 is 0 Å². The molecule has 0 aliphatic rings. The minimum absolute atomic E-state index is 0.0353. The highest BCUT2D eigenvalue weighted by Crippen LogP contribution is 2.38.